The Kier molecular flexibility index (Phi) is 13.7. The molecule has 2 atom stereocenters. The van der Waals surface area contributed by atoms with Gasteiger partial charge in [0, 0.05) is 42.0 Å². The molecule has 0 bridgehead atoms. The molecule has 0 spiro atoms. The Morgan fingerprint density at radius 3 is 2.28 bits per heavy atom. The second kappa shape index (κ2) is 17.0. The van der Waals surface area contributed by atoms with Gasteiger partial charge in [-0.1, -0.05) is 6.92 Å². The Balaban J connectivity index is 1.78. The van der Waals surface area contributed by atoms with Crippen molar-refractivity contribution in [3.63, 3.8) is 0 Å². The van der Waals surface area contributed by atoms with Crippen LogP contribution in [0, 0.1) is 21.4 Å². The van der Waals surface area contributed by atoms with Crippen molar-refractivity contribution in [1.82, 2.24) is 4.67 Å². The number of non-ortho nitro benzene ring substituents is 1. The topological polar surface area (TPSA) is 135 Å². The number of hydrogen-bond acceptors (Lipinski definition) is 11. The van der Waals surface area contributed by atoms with Crippen molar-refractivity contribution in [2.24, 2.45) is 10.2 Å². The van der Waals surface area contributed by atoms with Gasteiger partial charge < -0.3 is 23.4 Å². The Labute approximate surface area is 274 Å². The first-order valence-corrected chi connectivity index (χ1v) is 16.9. The molecule has 1 aliphatic heterocycles. The van der Waals surface area contributed by atoms with E-state index in [2.05, 4.69) is 74.3 Å². The number of fused-ring (bicyclic) bond motifs is 1. The summed E-state index contributed by atoms with van der Waals surface area (Å²) in [6.07, 6.45) is 3.09. The zero-order valence-electron chi connectivity index (χ0n) is 28.6. The summed E-state index contributed by atoms with van der Waals surface area (Å²) in [7, 11) is 1.80. The average Bonchev–Trinajstić information content (AvgIpc) is 2.99. The van der Waals surface area contributed by atoms with Crippen molar-refractivity contribution < 1.29 is 23.4 Å². The van der Waals surface area contributed by atoms with E-state index in [9.17, 15) is 10.1 Å². The van der Waals surface area contributed by atoms with Crippen molar-refractivity contribution in [1.29, 1.82) is 5.26 Å². The Morgan fingerprint density at radius 1 is 1.04 bits per heavy atom. The summed E-state index contributed by atoms with van der Waals surface area (Å²) in [5, 5.41) is 29.0. The van der Waals surface area contributed by atoms with Gasteiger partial charge in [0.15, 0.2) is 5.75 Å². The Morgan fingerprint density at radius 2 is 1.67 bits per heavy atom. The van der Waals surface area contributed by atoms with Crippen LogP contribution in [0.1, 0.15) is 85.6 Å². The van der Waals surface area contributed by atoms with Crippen LogP contribution in [0.2, 0.25) is 0 Å². The van der Waals surface area contributed by atoms with Crippen molar-refractivity contribution in [3.8, 4) is 17.6 Å². The molecule has 0 amide bonds. The van der Waals surface area contributed by atoms with Crippen LogP contribution in [0.25, 0.3) is 0 Å². The third kappa shape index (κ3) is 9.35. The fourth-order valence-electron chi connectivity index (χ4n) is 5.96. The number of benzene rings is 2. The number of rotatable bonds is 17. The molecule has 0 N–H and O–H groups in total. The van der Waals surface area contributed by atoms with E-state index >= 15 is 0 Å². The van der Waals surface area contributed by atoms with Crippen LogP contribution < -0.4 is 14.4 Å². The first-order chi connectivity index (χ1) is 21.8. The van der Waals surface area contributed by atoms with E-state index in [1.165, 1.54) is 30.9 Å². The average molecular weight is 657 g/mol. The van der Waals surface area contributed by atoms with Gasteiger partial charge in [-0.2, -0.15) is 5.26 Å². The summed E-state index contributed by atoms with van der Waals surface area (Å²) in [6.45, 7) is 17.1. The van der Waals surface area contributed by atoms with Gasteiger partial charge in [0.25, 0.3) is 14.2 Å². The Bertz CT molecular complexity index is 1390. The van der Waals surface area contributed by atoms with Crippen molar-refractivity contribution in [2.45, 2.75) is 97.7 Å². The van der Waals surface area contributed by atoms with E-state index in [-0.39, 0.29) is 35.0 Å². The van der Waals surface area contributed by atoms with Crippen LogP contribution in [0.15, 0.2) is 40.6 Å². The molecule has 1 aliphatic rings. The van der Waals surface area contributed by atoms with Gasteiger partial charge >= 0.3 is 0 Å². The van der Waals surface area contributed by atoms with Gasteiger partial charge in [-0.15, -0.1) is 10.2 Å². The standard InChI is InChI=1S/C33H49N6O6P/c1-23(2)38(24(3)4)46(45-18-12-15-34)44-17-11-10-16-37-30-21-32(43-9)29(20-27(30)25(5)22-33(37,6)7)36-35-28-14-13-26(39(40)41)19-31(28)42-8/h13-14,19-21,23-25H,10-12,16-18,22H2,1-9H3. The molecule has 0 aliphatic carbocycles. The number of hydrogen-bond donors (Lipinski definition) is 0. The van der Waals surface area contributed by atoms with Gasteiger partial charge in [0.05, 0.1) is 50.9 Å². The van der Waals surface area contributed by atoms with Gasteiger partial charge in [-0.25, -0.2) is 4.67 Å². The molecule has 3 rings (SSSR count). The van der Waals surface area contributed by atoms with Gasteiger partial charge in [-0.05, 0) is 84.4 Å². The molecule has 2 unspecified atom stereocenters. The highest BCUT2D eigenvalue weighted by Gasteiger charge is 2.37. The molecule has 46 heavy (non-hydrogen) atoms. The number of ether oxygens (including phenoxy) is 2. The minimum Gasteiger partial charge on any atom is -0.494 e. The first-order valence-electron chi connectivity index (χ1n) is 15.8. The van der Waals surface area contributed by atoms with Crippen LogP contribution in [-0.4, -0.2) is 61.2 Å². The van der Waals surface area contributed by atoms with Crippen LogP contribution in [0.5, 0.6) is 11.5 Å². The molecule has 1 heterocycles. The third-order valence-corrected chi connectivity index (χ3v) is 10.1. The number of azo groups is 1. The molecule has 0 saturated carbocycles. The summed E-state index contributed by atoms with van der Waals surface area (Å²) in [5.41, 5.74) is 3.08. The molecule has 0 aromatic heterocycles. The predicted molar refractivity (Wildman–Crippen MR) is 182 cm³/mol. The highest BCUT2D eigenvalue weighted by molar-refractivity contribution is 7.44. The molecule has 12 nitrogen and oxygen atoms in total. The monoisotopic (exact) mass is 656 g/mol. The number of nitrogens with zero attached hydrogens (tertiary/aromatic N) is 6. The molecule has 252 valence electrons. The summed E-state index contributed by atoms with van der Waals surface area (Å²) in [4.78, 5) is 13.1. The summed E-state index contributed by atoms with van der Waals surface area (Å²) < 4.78 is 25.7. The minimum atomic E-state index is -1.26. The van der Waals surface area contributed by atoms with Gasteiger partial charge in [0.1, 0.15) is 17.1 Å². The smallest absolute Gasteiger partial charge is 0.273 e. The largest absolute Gasteiger partial charge is 0.494 e. The summed E-state index contributed by atoms with van der Waals surface area (Å²) >= 11 is 0. The fraction of sp³-hybridized carbons (Fsp3) is 0.606. The number of anilines is 1. The summed E-state index contributed by atoms with van der Waals surface area (Å²) in [5.74, 6) is 1.14. The van der Waals surface area contributed by atoms with Crippen LogP contribution in [-0.2, 0) is 9.05 Å². The predicted octanol–water partition coefficient (Wildman–Crippen LogP) is 9.19. The maximum absolute atomic E-state index is 11.2. The highest BCUT2D eigenvalue weighted by Crippen LogP contribution is 2.49. The highest BCUT2D eigenvalue weighted by atomic mass is 31.2. The summed E-state index contributed by atoms with van der Waals surface area (Å²) in [6, 6.07) is 11.0. The minimum absolute atomic E-state index is 0.0768. The van der Waals surface area contributed by atoms with Gasteiger partial charge in [-0.3, -0.25) is 10.1 Å². The number of unbranched alkanes of at least 4 members (excludes halogenated alkanes) is 1. The third-order valence-electron chi connectivity index (χ3n) is 7.97. The lowest BCUT2D eigenvalue weighted by atomic mass is 9.79. The van der Waals surface area contributed by atoms with E-state index in [1.54, 1.807) is 7.11 Å². The molecule has 0 radical (unpaired) electrons. The lowest BCUT2D eigenvalue weighted by Crippen LogP contribution is -2.48. The Hall–Kier alpha value is -3.36. The molecule has 13 heteroatoms. The molecule has 2 aromatic rings. The molecule has 0 saturated heterocycles. The SMILES string of the molecule is COc1cc([N+](=O)[O-])ccc1N=Nc1cc2c(cc1OC)N(CCCCOP(OCCC#N)N(C(C)C)C(C)C)C(C)(C)CC2C. The number of nitro benzene ring substituents is 1. The van der Waals surface area contributed by atoms with Gasteiger partial charge in [0.2, 0.25) is 0 Å². The lowest BCUT2D eigenvalue weighted by molar-refractivity contribution is -0.384. The maximum Gasteiger partial charge on any atom is 0.273 e. The van der Waals surface area contributed by atoms with Crippen LogP contribution in [0.4, 0.5) is 22.7 Å². The second-order valence-electron chi connectivity index (χ2n) is 12.6. The van der Waals surface area contributed by atoms with E-state index in [1.807, 2.05) is 12.1 Å². The number of nitriles is 1. The van der Waals surface area contributed by atoms with Crippen molar-refractivity contribution in [3.05, 3.63) is 46.0 Å². The fourth-order valence-corrected chi connectivity index (χ4v) is 7.59. The van der Waals surface area contributed by atoms with E-state index in [0.29, 0.717) is 36.8 Å². The molecule has 0 fully saturated rings. The van der Waals surface area contributed by atoms with E-state index < -0.39 is 13.4 Å². The van der Waals surface area contributed by atoms with Crippen molar-refractivity contribution in [2.75, 3.05) is 38.9 Å². The second-order valence-corrected chi connectivity index (χ2v) is 14.0. The quantitative estimate of drug-likeness (QED) is 0.0537. The van der Waals surface area contributed by atoms with Crippen molar-refractivity contribution >= 4 is 31.3 Å². The molecular formula is C33H49N6O6P. The number of nitro groups is 1. The van der Waals surface area contributed by atoms with Crippen LogP contribution in [0.3, 0.4) is 0 Å². The molecule has 2 aromatic carbocycles. The zero-order chi connectivity index (χ0) is 34.0. The zero-order valence-corrected chi connectivity index (χ0v) is 29.5. The first kappa shape index (κ1) is 37.1. The lowest BCUT2D eigenvalue weighted by Gasteiger charge is -2.48. The van der Waals surface area contributed by atoms with E-state index in [4.69, 9.17) is 23.8 Å². The maximum atomic E-state index is 11.2. The number of methoxy groups -OCH3 is 2. The van der Waals surface area contributed by atoms with Crippen LogP contribution >= 0.6 is 8.53 Å². The molecular weight excluding hydrogens is 607 g/mol. The van der Waals surface area contributed by atoms with E-state index in [0.717, 1.165) is 31.5 Å². The normalized spacial score (nSPS) is 16.6.